The third-order valence-corrected chi connectivity index (χ3v) is 7.60. The number of aryl methyl sites for hydroxylation is 1. The van der Waals surface area contributed by atoms with Crippen molar-refractivity contribution in [1.82, 2.24) is 0 Å². The summed E-state index contributed by atoms with van der Waals surface area (Å²) in [6.07, 6.45) is 1.49. The van der Waals surface area contributed by atoms with Crippen LogP contribution in [0.1, 0.15) is 18.4 Å². The Morgan fingerprint density at radius 2 is 1.74 bits per heavy atom. The molecule has 122 valence electrons. The molecule has 23 heavy (non-hydrogen) atoms. The summed E-state index contributed by atoms with van der Waals surface area (Å²) in [5, 5.41) is 1.44. The van der Waals surface area contributed by atoms with Crippen molar-refractivity contribution in [2.45, 2.75) is 24.7 Å². The molecule has 0 radical (unpaired) electrons. The molecule has 0 aliphatic carbocycles. The second kappa shape index (κ2) is 8.70. The summed E-state index contributed by atoms with van der Waals surface area (Å²) >= 11 is 5.78. The van der Waals surface area contributed by atoms with Gasteiger partial charge in [0.05, 0.1) is 0 Å². The summed E-state index contributed by atoms with van der Waals surface area (Å²) in [6.45, 7) is 1.94. The molecular weight excluding hydrogens is 395 g/mol. The number of sulfone groups is 1. The predicted molar refractivity (Wildman–Crippen MR) is 98.2 cm³/mol. The molecule has 0 heterocycles. The van der Waals surface area contributed by atoms with Crippen molar-refractivity contribution in [3.05, 3.63) is 70.0 Å². The molecule has 0 aromatic heterocycles. The van der Waals surface area contributed by atoms with E-state index < -0.39 is 9.84 Å². The van der Waals surface area contributed by atoms with E-state index in [0.717, 1.165) is 16.5 Å². The van der Waals surface area contributed by atoms with Crippen LogP contribution in [0.25, 0.3) is 0 Å². The van der Waals surface area contributed by atoms with E-state index in [-0.39, 0.29) is 15.0 Å². The molecule has 0 aliphatic rings. The molecule has 0 fully saturated rings. The van der Waals surface area contributed by atoms with Gasteiger partial charge in [0.15, 0.2) is 0 Å². The molecule has 5 heteroatoms. The van der Waals surface area contributed by atoms with Gasteiger partial charge in [0.1, 0.15) is 0 Å². The molecule has 0 spiro atoms. The van der Waals surface area contributed by atoms with Crippen LogP contribution in [0.15, 0.2) is 69.4 Å². The summed E-state index contributed by atoms with van der Waals surface area (Å²) in [5.74, 6) is 0.535. The van der Waals surface area contributed by atoms with E-state index in [1.54, 1.807) is 12.1 Å². The Balaban J connectivity index is 2.29. The van der Waals surface area contributed by atoms with E-state index in [1.165, 1.54) is 9.87 Å². The van der Waals surface area contributed by atoms with E-state index in [0.29, 0.717) is 17.2 Å². The average molecular weight is 414 g/mol. The zero-order valence-corrected chi connectivity index (χ0v) is 16.2. The minimum atomic E-state index is -3.42. The second-order valence-corrected chi connectivity index (χ2v) is 9.84. The quantitative estimate of drug-likeness (QED) is 0.513. The first-order valence-electron chi connectivity index (χ1n) is 7.32. The molecule has 2 nitrogen and oxygen atoms in total. The fourth-order valence-corrected chi connectivity index (χ4v) is 6.15. The van der Waals surface area contributed by atoms with Gasteiger partial charge in [0, 0.05) is 0 Å². The summed E-state index contributed by atoms with van der Waals surface area (Å²) in [5.41, 5.74) is 1.05. The van der Waals surface area contributed by atoms with Crippen molar-refractivity contribution in [3.63, 3.8) is 0 Å². The number of allylic oxidation sites excluding steroid dienone is 1. The maximum atomic E-state index is 12.6. The van der Waals surface area contributed by atoms with Crippen LogP contribution in [-0.4, -0.2) is 29.3 Å². The second-order valence-electron chi connectivity index (χ2n) is 5.15. The van der Waals surface area contributed by atoms with Gasteiger partial charge < -0.3 is 0 Å². The van der Waals surface area contributed by atoms with E-state index in [9.17, 15) is 8.42 Å². The van der Waals surface area contributed by atoms with Gasteiger partial charge in [0.2, 0.25) is 0 Å². The van der Waals surface area contributed by atoms with Gasteiger partial charge in [-0.3, -0.25) is 0 Å². The zero-order chi connectivity index (χ0) is 16.7. The molecule has 0 amide bonds. The Morgan fingerprint density at radius 3 is 2.35 bits per heavy atom. The fourth-order valence-electron chi connectivity index (χ4n) is 1.98. The molecule has 2 aromatic carbocycles. The minimum absolute atomic E-state index is 0.00884. The molecule has 0 N–H and O–H groups in total. The van der Waals surface area contributed by atoms with Gasteiger partial charge in [-0.25, -0.2) is 0 Å². The Morgan fingerprint density at radius 1 is 1.09 bits per heavy atom. The molecule has 0 unspecified atom stereocenters. The van der Waals surface area contributed by atoms with Gasteiger partial charge >= 0.3 is 150 Å². The number of halogens is 1. The van der Waals surface area contributed by atoms with Crippen LogP contribution >= 0.6 is 11.6 Å². The predicted octanol–water partition coefficient (Wildman–Crippen LogP) is 3.66. The van der Waals surface area contributed by atoms with Crippen molar-refractivity contribution in [2.24, 2.45) is 0 Å². The molecule has 2 aromatic rings. The van der Waals surface area contributed by atoms with E-state index in [2.05, 4.69) is 0 Å². The van der Waals surface area contributed by atoms with Crippen LogP contribution in [0, 0.1) is 6.92 Å². The zero-order valence-electron chi connectivity index (χ0n) is 12.9. The molecular formula is C18H19ClO2SSe. The van der Waals surface area contributed by atoms with Crippen LogP contribution in [-0.2, 0) is 9.84 Å². The Hall–Kier alpha value is -1.06. The van der Waals surface area contributed by atoms with E-state index in [4.69, 9.17) is 11.6 Å². The molecule has 0 saturated carbocycles. The van der Waals surface area contributed by atoms with Gasteiger partial charge in [-0.05, 0) is 0 Å². The van der Waals surface area contributed by atoms with Crippen molar-refractivity contribution in [1.29, 1.82) is 0 Å². The summed E-state index contributed by atoms with van der Waals surface area (Å²) in [7, 11) is -3.42. The SMILES string of the molecule is Cc1ccc(S(=O)(=O)/C=C(\CCCCl)[Se]c2ccccc2)cc1. The van der Waals surface area contributed by atoms with Gasteiger partial charge in [0.25, 0.3) is 0 Å². The van der Waals surface area contributed by atoms with Crippen LogP contribution in [0.3, 0.4) is 0 Å². The number of alkyl halides is 1. The van der Waals surface area contributed by atoms with Gasteiger partial charge in [-0.2, -0.15) is 0 Å². The molecule has 0 bridgehead atoms. The number of rotatable bonds is 7. The molecule has 0 atom stereocenters. The van der Waals surface area contributed by atoms with Crippen LogP contribution in [0.5, 0.6) is 0 Å². The Bertz CT molecular complexity index is 753. The van der Waals surface area contributed by atoms with Gasteiger partial charge in [-0.15, -0.1) is 0 Å². The maximum absolute atomic E-state index is 12.6. The van der Waals surface area contributed by atoms with Crippen molar-refractivity contribution < 1.29 is 8.42 Å². The summed E-state index contributed by atoms with van der Waals surface area (Å²) in [4.78, 5) is 0.343. The standard InChI is InChI=1S/C18H19ClO2SSe/c1-15-9-11-16(12-10-15)22(20,21)14-18(8-5-13-19)23-17-6-3-2-4-7-17/h2-4,6-7,9-12,14H,5,8,13H2,1H3/b18-14+. The number of benzene rings is 2. The number of hydrogen-bond acceptors (Lipinski definition) is 2. The van der Waals surface area contributed by atoms with Crippen LogP contribution < -0.4 is 4.46 Å². The Kier molecular flexibility index (Phi) is 6.91. The van der Waals surface area contributed by atoms with Crippen molar-refractivity contribution in [2.75, 3.05) is 5.88 Å². The third kappa shape index (κ3) is 5.82. The number of hydrogen-bond donors (Lipinski definition) is 0. The first kappa shape index (κ1) is 18.3. The third-order valence-electron chi connectivity index (χ3n) is 3.19. The first-order valence-corrected chi connectivity index (χ1v) is 11.1. The molecule has 2 rings (SSSR count). The van der Waals surface area contributed by atoms with Crippen LogP contribution in [0.4, 0.5) is 0 Å². The van der Waals surface area contributed by atoms with Gasteiger partial charge in [-0.1, -0.05) is 0 Å². The molecule has 0 saturated heterocycles. The molecule has 0 aliphatic heterocycles. The fraction of sp³-hybridized carbons (Fsp3) is 0.222. The first-order chi connectivity index (χ1) is 11.0. The summed E-state index contributed by atoms with van der Waals surface area (Å²) in [6, 6.07) is 17.0. The van der Waals surface area contributed by atoms with E-state index >= 15 is 0 Å². The average Bonchev–Trinajstić information content (AvgIpc) is 2.54. The van der Waals surface area contributed by atoms with Crippen molar-refractivity contribution in [3.8, 4) is 0 Å². The monoisotopic (exact) mass is 414 g/mol. The van der Waals surface area contributed by atoms with Crippen LogP contribution in [0.2, 0.25) is 0 Å². The normalized spacial score (nSPS) is 12.3. The van der Waals surface area contributed by atoms with Crippen molar-refractivity contribution >= 4 is 40.9 Å². The topological polar surface area (TPSA) is 34.1 Å². The van der Waals surface area contributed by atoms with E-state index in [1.807, 2.05) is 49.4 Å². The Labute approximate surface area is 149 Å². The summed E-state index contributed by atoms with van der Waals surface area (Å²) < 4.78 is 27.3.